The number of hydrogen-bond acceptors (Lipinski definition) is 3. The summed E-state index contributed by atoms with van der Waals surface area (Å²) >= 11 is 10.4. The summed E-state index contributed by atoms with van der Waals surface area (Å²) < 4.78 is 39.4. The molecule has 0 spiro atoms. The number of halogens is 5. The third kappa shape index (κ3) is 2.81. The molecule has 1 N–H and O–H groups in total. The van der Waals surface area contributed by atoms with Crippen molar-refractivity contribution in [2.24, 2.45) is 17.3 Å². The molecule has 8 heteroatoms. The third-order valence-corrected chi connectivity index (χ3v) is 4.42. The summed E-state index contributed by atoms with van der Waals surface area (Å²) in [5, 5.41) is 9.78. The van der Waals surface area contributed by atoms with Gasteiger partial charge in [-0.25, -0.2) is 0 Å². The number of carbonyl (C=O) groups is 1. The summed E-state index contributed by atoms with van der Waals surface area (Å²) in [4.78, 5) is 11.6. The van der Waals surface area contributed by atoms with Crippen LogP contribution in [0.3, 0.4) is 0 Å². The molecule has 1 aliphatic rings. The molecule has 1 fully saturated rings. The van der Waals surface area contributed by atoms with E-state index in [4.69, 9.17) is 27.9 Å². The van der Waals surface area contributed by atoms with E-state index in [-0.39, 0.29) is 6.61 Å². The van der Waals surface area contributed by atoms with Crippen molar-refractivity contribution in [3.63, 3.8) is 0 Å². The van der Waals surface area contributed by atoms with Gasteiger partial charge in [0.05, 0.1) is 12.5 Å². The Balaban J connectivity index is 2.91. The van der Waals surface area contributed by atoms with Gasteiger partial charge in [-0.05, 0) is 12.3 Å². The van der Waals surface area contributed by atoms with Crippen molar-refractivity contribution in [1.82, 2.24) is 0 Å². The van der Waals surface area contributed by atoms with Crippen LogP contribution in [0.4, 0.5) is 13.2 Å². The number of rotatable bonds is 4. The van der Waals surface area contributed by atoms with Gasteiger partial charge in [0, 0.05) is 5.92 Å². The van der Waals surface area contributed by atoms with E-state index in [2.05, 4.69) is 0 Å². The van der Waals surface area contributed by atoms with E-state index >= 15 is 0 Å². The molecule has 0 aromatic carbocycles. The standard InChI is InChI=1S/C11H15Cl2F3O3/c1-4-19-8(18)6-5(9(6,2)3)7(17)10(12,13)11(14,15)16/h5-7,17H,4H2,1-3H3. The molecular formula is C11H15Cl2F3O3. The highest BCUT2D eigenvalue weighted by Crippen LogP contribution is 2.64. The van der Waals surface area contributed by atoms with Crippen LogP contribution in [-0.4, -0.2) is 34.3 Å². The summed E-state index contributed by atoms with van der Waals surface area (Å²) in [7, 11) is 0. The molecule has 1 saturated carbocycles. The van der Waals surface area contributed by atoms with E-state index in [1.54, 1.807) is 20.8 Å². The second-order valence-electron chi connectivity index (χ2n) is 5.14. The summed E-state index contributed by atoms with van der Waals surface area (Å²) in [5.41, 5.74) is -0.841. The lowest BCUT2D eigenvalue weighted by atomic mass is 10.0. The zero-order valence-electron chi connectivity index (χ0n) is 10.6. The van der Waals surface area contributed by atoms with Gasteiger partial charge >= 0.3 is 12.1 Å². The van der Waals surface area contributed by atoms with Crippen LogP contribution in [0.5, 0.6) is 0 Å². The van der Waals surface area contributed by atoms with Gasteiger partial charge in [0.15, 0.2) is 0 Å². The lowest BCUT2D eigenvalue weighted by Crippen LogP contribution is -2.47. The number of esters is 1. The Bertz CT molecular complexity index is 369. The quantitative estimate of drug-likeness (QED) is 0.639. The zero-order chi connectivity index (χ0) is 15.2. The minimum absolute atomic E-state index is 0.112. The molecule has 19 heavy (non-hydrogen) atoms. The van der Waals surface area contributed by atoms with E-state index in [9.17, 15) is 23.1 Å². The lowest BCUT2D eigenvalue weighted by Gasteiger charge is -2.28. The fraction of sp³-hybridized carbons (Fsp3) is 0.909. The van der Waals surface area contributed by atoms with Crippen molar-refractivity contribution in [3.05, 3.63) is 0 Å². The van der Waals surface area contributed by atoms with E-state index in [1.807, 2.05) is 0 Å². The normalized spacial score (nSPS) is 27.8. The topological polar surface area (TPSA) is 46.5 Å². The average molecular weight is 323 g/mol. The monoisotopic (exact) mass is 322 g/mol. The van der Waals surface area contributed by atoms with Gasteiger partial charge < -0.3 is 9.84 Å². The molecule has 3 nitrogen and oxygen atoms in total. The fourth-order valence-electron chi connectivity index (χ4n) is 2.34. The summed E-state index contributed by atoms with van der Waals surface area (Å²) in [6, 6.07) is 0. The summed E-state index contributed by atoms with van der Waals surface area (Å²) in [6.07, 6.45) is -7.09. The maximum Gasteiger partial charge on any atom is 0.424 e. The molecule has 3 unspecified atom stereocenters. The maximum atomic E-state index is 12.7. The first-order valence-electron chi connectivity index (χ1n) is 5.68. The first-order valence-corrected chi connectivity index (χ1v) is 6.43. The van der Waals surface area contributed by atoms with Gasteiger partial charge in [-0.1, -0.05) is 37.0 Å². The van der Waals surface area contributed by atoms with Crippen LogP contribution in [0, 0.1) is 17.3 Å². The second-order valence-corrected chi connectivity index (χ2v) is 6.53. The molecule has 0 aromatic heterocycles. The minimum Gasteiger partial charge on any atom is -0.466 e. The Labute approximate surface area is 119 Å². The van der Waals surface area contributed by atoms with Crippen molar-refractivity contribution < 1.29 is 27.8 Å². The van der Waals surface area contributed by atoms with Crippen molar-refractivity contribution in [3.8, 4) is 0 Å². The number of alkyl halides is 5. The molecule has 0 radical (unpaired) electrons. The minimum atomic E-state index is -4.99. The van der Waals surface area contributed by atoms with Crippen molar-refractivity contribution in [1.29, 1.82) is 0 Å². The summed E-state index contributed by atoms with van der Waals surface area (Å²) in [5.74, 6) is -2.49. The predicted octanol–water partition coefficient (Wildman–Crippen LogP) is 2.92. The SMILES string of the molecule is CCOC(=O)C1C(C(O)C(Cl)(Cl)C(F)(F)F)C1(C)C. The Morgan fingerprint density at radius 1 is 1.42 bits per heavy atom. The molecule has 0 bridgehead atoms. The molecule has 1 rings (SSSR count). The Kier molecular flexibility index (Phi) is 4.41. The number of hydrogen-bond donors (Lipinski definition) is 1. The van der Waals surface area contributed by atoms with Gasteiger partial charge in [-0.3, -0.25) is 4.79 Å². The van der Waals surface area contributed by atoms with Gasteiger partial charge in [0.1, 0.15) is 6.10 Å². The Morgan fingerprint density at radius 2 is 1.89 bits per heavy atom. The molecule has 0 aromatic rings. The van der Waals surface area contributed by atoms with Crippen LogP contribution in [0.2, 0.25) is 0 Å². The molecule has 1 aliphatic carbocycles. The van der Waals surface area contributed by atoms with E-state index in [1.165, 1.54) is 0 Å². The highest BCUT2D eigenvalue weighted by molar-refractivity contribution is 6.49. The van der Waals surface area contributed by atoms with E-state index in [0.29, 0.717) is 0 Å². The molecule has 112 valence electrons. The second kappa shape index (κ2) is 4.97. The highest BCUT2D eigenvalue weighted by atomic mass is 35.5. The number of aliphatic hydroxyl groups excluding tert-OH is 1. The zero-order valence-corrected chi connectivity index (χ0v) is 12.1. The van der Waals surface area contributed by atoms with E-state index < -0.39 is 39.8 Å². The molecular weight excluding hydrogens is 308 g/mol. The molecule has 3 atom stereocenters. The molecule has 0 aliphatic heterocycles. The Hall–Kier alpha value is -0.200. The highest BCUT2D eigenvalue weighted by Gasteiger charge is 2.72. The van der Waals surface area contributed by atoms with Gasteiger partial charge in [0.25, 0.3) is 0 Å². The van der Waals surface area contributed by atoms with Crippen LogP contribution in [0.15, 0.2) is 0 Å². The number of carbonyl (C=O) groups excluding carboxylic acids is 1. The average Bonchev–Trinajstić information content (AvgIpc) is 2.78. The maximum absolute atomic E-state index is 12.7. The van der Waals surface area contributed by atoms with Crippen LogP contribution >= 0.6 is 23.2 Å². The van der Waals surface area contributed by atoms with Crippen LogP contribution in [0.1, 0.15) is 20.8 Å². The predicted molar refractivity (Wildman–Crippen MR) is 63.9 cm³/mol. The fourth-order valence-corrected chi connectivity index (χ4v) is 2.61. The van der Waals surface area contributed by atoms with Gasteiger partial charge in [-0.2, -0.15) is 13.2 Å². The largest absolute Gasteiger partial charge is 0.466 e. The first kappa shape index (κ1) is 16.9. The number of aliphatic hydroxyl groups is 1. The van der Waals surface area contributed by atoms with Crippen molar-refractivity contribution in [2.75, 3.05) is 6.61 Å². The molecule has 0 amide bonds. The van der Waals surface area contributed by atoms with Crippen LogP contribution in [0.25, 0.3) is 0 Å². The molecule has 0 heterocycles. The van der Waals surface area contributed by atoms with Gasteiger partial charge in [-0.15, -0.1) is 0 Å². The smallest absolute Gasteiger partial charge is 0.424 e. The summed E-state index contributed by atoms with van der Waals surface area (Å²) in [6.45, 7) is 4.81. The number of ether oxygens (including phenoxy) is 1. The molecule has 0 saturated heterocycles. The first-order chi connectivity index (χ1) is 8.39. The van der Waals surface area contributed by atoms with Gasteiger partial charge in [0.2, 0.25) is 4.33 Å². The Morgan fingerprint density at radius 3 is 2.26 bits per heavy atom. The van der Waals surface area contributed by atoms with E-state index in [0.717, 1.165) is 0 Å². The third-order valence-electron chi connectivity index (χ3n) is 3.54. The van der Waals surface area contributed by atoms with Crippen LogP contribution in [-0.2, 0) is 9.53 Å². The van der Waals surface area contributed by atoms with Crippen molar-refractivity contribution in [2.45, 2.75) is 37.4 Å². The van der Waals surface area contributed by atoms with Crippen molar-refractivity contribution >= 4 is 29.2 Å². The van der Waals surface area contributed by atoms with Crippen LogP contribution < -0.4 is 0 Å². The lowest BCUT2D eigenvalue weighted by molar-refractivity contribution is -0.166.